The molecule has 2 aromatic carbocycles. The van der Waals surface area contributed by atoms with Crippen molar-refractivity contribution in [1.82, 2.24) is 14.7 Å². The lowest BCUT2D eigenvalue weighted by atomic mass is 10.2. The van der Waals surface area contributed by atoms with Gasteiger partial charge in [-0.2, -0.15) is 0 Å². The smallest absolute Gasteiger partial charge is 0.269 e. The topological polar surface area (TPSA) is 91.4 Å². The zero-order valence-corrected chi connectivity index (χ0v) is 15.5. The lowest BCUT2D eigenvalue weighted by Crippen LogP contribution is -2.29. The van der Waals surface area contributed by atoms with E-state index in [1.165, 1.54) is 55.8 Å². The molecule has 136 valence electrons. The number of thiazole rings is 1. The first-order chi connectivity index (χ1) is 12.3. The highest BCUT2D eigenvalue weighted by atomic mass is 32.2. The number of carbonyl (C=O) groups excluding carboxylic acids is 1. The SMILES string of the molecule is CN(C)S(=O)(=O)c1ccc(C(=O)NNc2nc3c(F)cccc3s2)cc1. The lowest BCUT2D eigenvalue weighted by molar-refractivity contribution is 0.0962. The normalized spacial score (nSPS) is 11.7. The molecule has 0 saturated heterocycles. The van der Waals surface area contributed by atoms with Crippen molar-refractivity contribution < 1.29 is 17.6 Å². The molecular formula is C16H15FN4O3S2. The van der Waals surface area contributed by atoms with Crippen molar-refractivity contribution in [3.8, 4) is 0 Å². The highest BCUT2D eigenvalue weighted by Gasteiger charge is 2.17. The maximum atomic E-state index is 13.6. The van der Waals surface area contributed by atoms with E-state index in [9.17, 15) is 17.6 Å². The summed E-state index contributed by atoms with van der Waals surface area (Å²) < 4.78 is 39.4. The molecule has 1 amide bonds. The molecule has 0 bridgehead atoms. The molecule has 1 aromatic heterocycles. The molecule has 0 atom stereocenters. The van der Waals surface area contributed by atoms with Crippen LogP contribution in [0.4, 0.5) is 9.52 Å². The van der Waals surface area contributed by atoms with E-state index in [1.54, 1.807) is 12.1 Å². The second kappa shape index (κ2) is 6.98. The molecule has 0 radical (unpaired) electrons. The second-order valence-corrected chi connectivity index (χ2v) is 8.68. The van der Waals surface area contributed by atoms with E-state index in [0.29, 0.717) is 9.83 Å². The number of nitrogens with one attached hydrogen (secondary N) is 2. The van der Waals surface area contributed by atoms with Gasteiger partial charge < -0.3 is 0 Å². The Labute approximate surface area is 153 Å². The predicted octanol–water partition coefficient (Wildman–Crippen LogP) is 2.44. The van der Waals surface area contributed by atoms with Gasteiger partial charge in [-0.25, -0.2) is 22.1 Å². The van der Waals surface area contributed by atoms with Gasteiger partial charge in [0.05, 0.1) is 9.60 Å². The number of halogens is 1. The van der Waals surface area contributed by atoms with Gasteiger partial charge in [0.15, 0.2) is 0 Å². The number of benzene rings is 2. The number of hydrogen-bond donors (Lipinski definition) is 2. The number of para-hydroxylation sites is 1. The van der Waals surface area contributed by atoms with Crippen LogP contribution in [0.1, 0.15) is 10.4 Å². The minimum atomic E-state index is -3.55. The first kappa shape index (κ1) is 18.2. The molecule has 0 aliphatic carbocycles. The third-order valence-corrected chi connectivity index (χ3v) is 6.31. The van der Waals surface area contributed by atoms with Gasteiger partial charge in [0, 0.05) is 19.7 Å². The number of anilines is 1. The molecule has 0 fully saturated rings. The van der Waals surface area contributed by atoms with Crippen LogP contribution < -0.4 is 10.9 Å². The maximum absolute atomic E-state index is 13.6. The first-order valence-corrected chi connectivity index (χ1v) is 9.68. The van der Waals surface area contributed by atoms with Crippen LogP contribution in [0.15, 0.2) is 47.4 Å². The van der Waals surface area contributed by atoms with Gasteiger partial charge in [0.1, 0.15) is 11.3 Å². The zero-order chi connectivity index (χ0) is 18.9. The van der Waals surface area contributed by atoms with Crippen LogP contribution in [-0.4, -0.2) is 37.7 Å². The quantitative estimate of drug-likeness (QED) is 0.649. The summed E-state index contributed by atoms with van der Waals surface area (Å²) in [5, 5.41) is 0.338. The standard InChI is InChI=1S/C16H15FN4O3S2/c1-21(2)26(23,24)11-8-6-10(7-9-11)15(22)19-20-16-18-14-12(17)4-3-5-13(14)25-16/h3-9H,1-2H3,(H,18,20)(H,19,22). The molecule has 0 unspecified atom stereocenters. The molecule has 3 aromatic rings. The molecule has 1 heterocycles. The predicted molar refractivity (Wildman–Crippen MR) is 98.0 cm³/mol. The van der Waals surface area contributed by atoms with Gasteiger partial charge in [-0.15, -0.1) is 0 Å². The van der Waals surface area contributed by atoms with Crippen molar-refractivity contribution in [2.24, 2.45) is 0 Å². The van der Waals surface area contributed by atoms with Crippen molar-refractivity contribution in [2.45, 2.75) is 4.90 Å². The minimum Gasteiger partial charge on any atom is -0.273 e. The Kier molecular flexibility index (Phi) is 4.90. The van der Waals surface area contributed by atoms with E-state index in [4.69, 9.17) is 0 Å². The monoisotopic (exact) mass is 394 g/mol. The molecule has 7 nitrogen and oxygen atoms in total. The number of hydrogen-bond acceptors (Lipinski definition) is 6. The van der Waals surface area contributed by atoms with Gasteiger partial charge in [0.2, 0.25) is 15.2 Å². The van der Waals surface area contributed by atoms with Gasteiger partial charge in [-0.1, -0.05) is 17.4 Å². The largest absolute Gasteiger partial charge is 0.273 e. The average molecular weight is 394 g/mol. The minimum absolute atomic E-state index is 0.0913. The molecule has 3 rings (SSSR count). The molecule has 0 aliphatic heterocycles. The average Bonchev–Trinajstić information content (AvgIpc) is 3.04. The summed E-state index contributed by atoms with van der Waals surface area (Å²) in [4.78, 5) is 16.3. The number of hydrazine groups is 1. The molecule has 0 aliphatic rings. The Morgan fingerprint density at radius 2 is 1.85 bits per heavy atom. The van der Waals surface area contributed by atoms with Gasteiger partial charge >= 0.3 is 0 Å². The summed E-state index contributed by atoms with van der Waals surface area (Å²) in [7, 11) is -0.689. The molecule has 2 N–H and O–H groups in total. The molecule has 26 heavy (non-hydrogen) atoms. The number of rotatable bonds is 5. The number of aromatic nitrogens is 1. The molecular weight excluding hydrogens is 379 g/mol. The van der Waals surface area contributed by atoms with Gasteiger partial charge in [-0.05, 0) is 36.4 Å². The van der Waals surface area contributed by atoms with Crippen molar-refractivity contribution in [2.75, 3.05) is 19.5 Å². The number of amides is 1. The van der Waals surface area contributed by atoms with Gasteiger partial charge in [0.25, 0.3) is 5.91 Å². The van der Waals surface area contributed by atoms with Crippen molar-refractivity contribution in [3.63, 3.8) is 0 Å². The summed E-state index contributed by atoms with van der Waals surface area (Å²) in [5.41, 5.74) is 5.59. The van der Waals surface area contributed by atoms with Crippen LogP contribution in [0, 0.1) is 5.82 Å². The van der Waals surface area contributed by atoms with Crippen molar-refractivity contribution >= 4 is 42.6 Å². The first-order valence-electron chi connectivity index (χ1n) is 7.43. The second-order valence-electron chi connectivity index (χ2n) is 5.50. The summed E-state index contributed by atoms with van der Waals surface area (Å²) in [5.74, 6) is -0.908. The summed E-state index contributed by atoms with van der Waals surface area (Å²) in [6.45, 7) is 0. The van der Waals surface area contributed by atoms with Gasteiger partial charge in [-0.3, -0.25) is 15.6 Å². The van der Waals surface area contributed by atoms with Crippen LogP contribution >= 0.6 is 11.3 Å². The fourth-order valence-corrected chi connectivity index (χ4v) is 3.88. The molecule has 0 spiro atoms. The van der Waals surface area contributed by atoms with E-state index in [0.717, 1.165) is 4.31 Å². The van der Waals surface area contributed by atoms with Crippen molar-refractivity contribution in [1.29, 1.82) is 0 Å². The third-order valence-electron chi connectivity index (χ3n) is 3.55. The number of carbonyl (C=O) groups is 1. The van der Waals surface area contributed by atoms with Crippen LogP contribution in [0.2, 0.25) is 0 Å². The Balaban J connectivity index is 1.71. The Bertz CT molecular complexity index is 1060. The Hall–Kier alpha value is -2.56. The maximum Gasteiger partial charge on any atom is 0.269 e. The highest BCUT2D eigenvalue weighted by molar-refractivity contribution is 7.89. The molecule has 0 saturated carbocycles. The van der Waals surface area contributed by atoms with Crippen LogP contribution in [0.25, 0.3) is 10.2 Å². The highest BCUT2D eigenvalue weighted by Crippen LogP contribution is 2.27. The number of fused-ring (bicyclic) bond motifs is 1. The number of sulfonamides is 1. The Morgan fingerprint density at radius 1 is 1.15 bits per heavy atom. The van der Waals surface area contributed by atoms with Crippen LogP contribution in [-0.2, 0) is 10.0 Å². The summed E-state index contributed by atoms with van der Waals surface area (Å²) in [6, 6.07) is 10.2. The third kappa shape index (κ3) is 3.52. The fourth-order valence-electron chi connectivity index (χ4n) is 2.14. The van der Waals surface area contributed by atoms with Crippen LogP contribution in [0.5, 0.6) is 0 Å². The van der Waals surface area contributed by atoms with E-state index >= 15 is 0 Å². The van der Waals surface area contributed by atoms with E-state index in [-0.39, 0.29) is 16.0 Å². The Morgan fingerprint density at radius 3 is 2.46 bits per heavy atom. The fraction of sp³-hybridized carbons (Fsp3) is 0.125. The van der Waals surface area contributed by atoms with E-state index in [1.807, 2.05) is 0 Å². The zero-order valence-electron chi connectivity index (χ0n) is 13.9. The van der Waals surface area contributed by atoms with Crippen molar-refractivity contribution in [3.05, 3.63) is 53.8 Å². The van der Waals surface area contributed by atoms with Crippen LogP contribution in [0.3, 0.4) is 0 Å². The lowest BCUT2D eigenvalue weighted by Gasteiger charge is -2.11. The summed E-state index contributed by atoms with van der Waals surface area (Å²) >= 11 is 1.20. The molecule has 10 heteroatoms. The number of nitrogens with zero attached hydrogens (tertiary/aromatic N) is 2. The summed E-state index contributed by atoms with van der Waals surface area (Å²) in [6.07, 6.45) is 0. The van der Waals surface area contributed by atoms with E-state index in [2.05, 4.69) is 15.8 Å². The van der Waals surface area contributed by atoms with E-state index < -0.39 is 21.7 Å².